The van der Waals surface area contributed by atoms with Crippen molar-refractivity contribution in [2.24, 2.45) is 10.4 Å². The van der Waals surface area contributed by atoms with Gasteiger partial charge in [0.2, 0.25) is 0 Å². The molecule has 2 aliphatic rings. The van der Waals surface area contributed by atoms with Gasteiger partial charge in [0.15, 0.2) is 5.15 Å². The molecule has 1 saturated carbocycles. The van der Waals surface area contributed by atoms with Crippen LogP contribution in [0, 0.1) is 12.3 Å². The lowest BCUT2D eigenvalue weighted by Crippen LogP contribution is -2.39. The Morgan fingerprint density at radius 1 is 1.28 bits per heavy atom. The van der Waals surface area contributed by atoms with Crippen molar-refractivity contribution in [3.63, 3.8) is 0 Å². The third-order valence-corrected chi connectivity index (χ3v) is 6.28. The number of anilines is 1. The number of amides is 1. The maximum Gasteiger partial charge on any atom is 0.251 e. The minimum atomic E-state index is 0.00837. The summed E-state index contributed by atoms with van der Waals surface area (Å²) in [4.78, 5) is 21.5. The van der Waals surface area contributed by atoms with Gasteiger partial charge in [-0.25, -0.2) is 9.98 Å². The standard InChI is InChI=1S/C23H27ClN4O/c1-14-8-11-25-21(24)20(14)28-19-13-16-12-15(4-5-18(16)27-19)22(29)26-17-6-9-23(2,3)10-7-17/h4-5,8,11-12,17H,6-7,9-10,13H2,1-3H3,(H,26,29)(H,27,28). The first kappa shape index (κ1) is 19.9. The van der Waals surface area contributed by atoms with Crippen molar-refractivity contribution >= 4 is 34.7 Å². The molecule has 1 aliphatic carbocycles. The van der Waals surface area contributed by atoms with E-state index < -0.39 is 0 Å². The van der Waals surface area contributed by atoms with Crippen LogP contribution in [0.4, 0.5) is 11.4 Å². The van der Waals surface area contributed by atoms with Gasteiger partial charge in [-0.05, 0) is 73.4 Å². The number of nitrogens with zero attached hydrogens (tertiary/aromatic N) is 2. The minimum Gasteiger partial charge on any atom is -0.349 e. The van der Waals surface area contributed by atoms with Crippen LogP contribution >= 0.6 is 11.6 Å². The third-order valence-electron chi connectivity index (χ3n) is 6.01. The highest BCUT2D eigenvalue weighted by Crippen LogP contribution is 2.35. The molecule has 1 fully saturated rings. The lowest BCUT2D eigenvalue weighted by molar-refractivity contribution is 0.0909. The Labute approximate surface area is 177 Å². The summed E-state index contributed by atoms with van der Waals surface area (Å²) in [5.74, 6) is 0.819. The van der Waals surface area contributed by atoms with Crippen molar-refractivity contribution in [3.05, 3.63) is 52.3 Å². The second-order valence-electron chi connectivity index (χ2n) is 8.91. The van der Waals surface area contributed by atoms with Gasteiger partial charge in [-0.1, -0.05) is 25.4 Å². The molecule has 0 saturated heterocycles. The van der Waals surface area contributed by atoms with Crippen LogP contribution < -0.4 is 10.6 Å². The van der Waals surface area contributed by atoms with Crippen molar-refractivity contribution in [1.82, 2.24) is 10.3 Å². The molecule has 1 aliphatic heterocycles. The molecule has 29 heavy (non-hydrogen) atoms. The van der Waals surface area contributed by atoms with Crippen molar-refractivity contribution in [1.29, 1.82) is 0 Å². The van der Waals surface area contributed by atoms with Crippen molar-refractivity contribution in [3.8, 4) is 0 Å². The highest BCUT2D eigenvalue weighted by Gasteiger charge is 2.28. The number of pyridine rings is 1. The van der Waals surface area contributed by atoms with Gasteiger partial charge in [0.1, 0.15) is 11.5 Å². The van der Waals surface area contributed by atoms with E-state index in [2.05, 4.69) is 34.5 Å². The topological polar surface area (TPSA) is 66.4 Å². The van der Waals surface area contributed by atoms with Crippen LogP contribution in [-0.4, -0.2) is 22.8 Å². The zero-order chi connectivity index (χ0) is 20.6. The van der Waals surface area contributed by atoms with Crippen LogP contribution in [0.5, 0.6) is 0 Å². The molecule has 2 N–H and O–H groups in total. The molecule has 1 aromatic carbocycles. The first-order valence-electron chi connectivity index (χ1n) is 10.2. The molecular formula is C23H27ClN4O. The molecule has 6 heteroatoms. The van der Waals surface area contributed by atoms with Crippen molar-refractivity contribution < 1.29 is 4.79 Å². The predicted octanol–water partition coefficient (Wildman–Crippen LogP) is 5.44. The van der Waals surface area contributed by atoms with Gasteiger partial charge in [0.05, 0.1) is 0 Å². The molecule has 1 aromatic heterocycles. The van der Waals surface area contributed by atoms with E-state index in [9.17, 15) is 4.79 Å². The van der Waals surface area contributed by atoms with E-state index in [1.54, 1.807) is 6.20 Å². The van der Waals surface area contributed by atoms with Crippen molar-refractivity contribution in [2.75, 3.05) is 5.32 Å². The monoisotopic (exact) mass is 410 g/mol. The summed E-state index contributed by atoms with van der Waals surface area (Å²) < 4.78 is 0. The highest BCUT2D eigenvalue weighted by molar-refractivity contribution is 6.32. The Bertz CT molecular complexity index is 953. The van der Waals surface area contributed by atoms with E-state index in [1.165, 1.54) is 0 Å². The van der Waals surface area contributed by atoms with Crippen LogP contribution in [0.15, 0.2) is 35.5 Å². The average molecular weight is 411 g/mol. The number of hydrogen-bond acceptors (Lipinski definition) is 3. The van der Waals surface area contributed by atoms with Crippen LogP contribution in [0.2, 0.25) is 5.15 Å². The van der Waals surface area contributed by atoms with Crippen LogP contribution in [0.3, 0.4) is 0 Å². The molecular weight excluding hydrogens is 384 g/mol. The number of carbonyl (C=O) groups is 1. The number of carbonyl (C=O) groups excluding carboxylic acids is 1. The van der Waals surface area contributed by atoms with Crippen LogP contribution in [-0.2, 0) is 6.42 Å². The van der Waals surface area contributed by atoms with E-state index in [-0.39, 0.29) is 11.9 Å². The molecule has 152 valence electrons. The number of aromatic nitrogens is 1. The largest absolute Gasteiger partial charge is 0.349 e. The fourth-order valence-corrected chi connectivity index (χ4v) is 4.30. The van der Waals surface area contributed by atoms with E-state index in [0.29, 0.717) is 28.2 Å². The molecule has 0 unspecified atom stereocenters. The van der Waals surface area contributed by atoms with Gasteiger partial charge < -0.3 is 10.6 Å². The quantitative estimate of drug-likeness (QED) is 0.662. The molecule has 2 aromatic rings. The number of fused-ring (bicyclic) bond motifs is 1. The number of halogens is 1. The number of benzene rings is 1. The van der Waals surface area contributed by atoms with E-state index in [4.69, 9.17) is 11.6 Å². The van der Waals surface area contributed by atoms with Gasteiger partial charge in [-0.2, -0.15) is 0 Å². The molecule has 0 radical (unpaired) electrons. The molecule has 4 rings (SSSR count). The summed E-state index contributed by atoms with van der Waals surface area (Å²) in [6.07, 6.45) is 6.72. The Morgan fingerprint density at radius 3 is 2.76 bits per heavy atom. The number of hydrogen-bond donors (Lipinski definition) is 2. The molecule has 5 nitrogen and oxygen atoms in total. The Hall–Kier alpha value is -2.40. The summed E-state index contributed by atoms with van der Waals surface area (Å²) in [6.45, 7) is 6.57. The first-order valence-corrected chi connectivity index (χ1v) is 10.6. The third kappa shape index (κ3) is 4.45. The fraction of sp³-hybridized carbons (Fsp3) is 0.435. The minimum absolute atomic E-state index is 0.00837. The fourth-order valence-electron chi connectivity index (χ4n) is 4.05. The van der Waals surface area contributed by atoms with Crippen LogP contribution in [0.1, 0.15) is 61.0 Å². The van der Waals surface area contributed by atoms with E-state index >= 15 is 0 Å². The molecule has 0 atom stereocenters. The summed E-state index contributed by atoms with van der Waals surface area (Å²) >= 11 is 6.20. The second kappa shape index (κ2) is 7.79. The Balaban J connectivity index is 1.45. The van der Waals surface area contributed by atoms with Gasteiger partial charge in [-0.15, -0.1) is 0 Å². The van der Waals surface area contributed by atoms with Gasteiger partial charge in [0, 0.05) is 29.9 Å². The molecule has 1 amide bonds. The van der Waals surface area contributed by atoms with Crippen LogP contribution in [0.25, 0.3) is 0 Å². The summed E-state index contributed by atoms with van der Waals surface area (Å²) in [5.41, 5.74) is 4.81. The van der Waals surface area contributed by atoms with E-state index in [0.717, 1.165) is 48.3 Å². The average Bonchev–Trinajstić information content (AvgIpc) is 3.08. The molecule has 0 bridgehead atoms. The van der Waals surface area contributed by atoms with Gasteiger partial charge in [-0.3, -0.25) is 4.79 Å². The molecule has 2 heterocycles. The number of amidine groups is 1. The van der Waals surface area contributed by atoms with Gasteiger partial charge >= 0.3 is 0 Å². The summed E-state index contributed by atoms with van der Waals surface area (Å²) in [7, 11) is 0. The normalized spacial score (nSPS) is 19.7. The summed E-state index contributed by atoms with van der Waals surface area (Å²) in [5, 5.41) is 6.94. The zero-order valence-corrected chi connectivity index (χ0v) is 17.9. The number of nitrogens with one attached hydrogen (secondary N) is 2. The van der Waals surface area contributed by atoms with Gasteiger partial charge in [0.25, 0.3) is 5.91 Å². The first-order chi connectivity index (χ1) is 13.8. The number of aryl methyl sites for hydroxylation is 1. The SMILES string of the molecule is Cc1ccnc(Cl)c1N=C1Cc2cc(C(=O)NC3CCC(C)(C)CC3)ccc2N1. The number of rotatable bonds is 3. The number of aliphatic imine (C=N–C) groups is 1. The van der Waals surface area contributed by atoms with E-state index in [1.807, 2.05) is 31.2 Å². The second-order valence-corrected chi connectivity index (χ2v) is 9.27. The lowest BCUT2D eigenvalue weighted by atomic mass is 9.75. The zero-order valence-electron chi connectivity index (χ0n) is 17.2. The van der Waals surface area contributed by atoms with Crippen molar-refractivity contribution in [2.45, 2.75) is 58.9 Å². The molecule has 0 spiro atoms. The maximum atomic E-state index is 12.7. The predicted molar refractivity (Wildman–Crippen MR) is 118 cm³/mol. The smallest absolute Gasteiger partial charge is 0.251 e. The lowest BCUT2D eigenvalue weighted by Gasteiger charge is -2.34. The maximum absolute atomic E-state index is 12.7. The Morgan fingerprint density at radius 2 is 2.03 bits per heavy atom. The highest BCUT2D eigenvalue weighted by atomic mass is 35.5. The Kier molecular flexibility index (Phi) is 5.34. The summed E-state index contributed by atoms with van der Waals surface area (Å²) in [6, 6.07) is 7.95.